The van der Waals surface area contributed by atoms with E-state index in [1.807, 2.05) is 12.1 Å². The van der Waals surface area contributed by atoms with Crippen LogP contribution in [-0.4, -0.2) is 5.78 Å². The number of hydrogen-bond acceptors (Lipinski definition) is 3. The number of ketones is 1. The number of carbonyl (C=O) groups is 1. The van der Waals surface area contributed by atoms with Crippen LogP contribution in [0.15, 0.2) is 66.4 Å². The zero-order valence-electron chi connectivity index (χ0n) is 14.4. The summed E-state index contributed by atoms with van der Waals surface area (Å²) in [5.74, 6) is 0.0544. The van der Waals surface area contributed by atoms with Crippen molar-refractivity contribution in [1.29, 1.82) is 0 Å². The van der Waals surface area contributed by atoms with Gasteiger partial charge in [-0.25, -0.2) is 4.39 Å². The first-order valence-electron chi connectivity index (χ1n) is 8.41. The molecule has 3 nitrogen and oxygen atoms in total. The minimum atomic E-state index is -0.528. The Kier molecular flexibility index (Phi) is 5.07. The van der Waals surface area contributed by atoms with E-state index in [1.165, 1.54) is 18.2 Å². The van der Waals surface area contributed by atoms with Crippen molar-refractivity contribution < 1.29 is 18.7 Å². The van der Waals surface area contributed by atoms with Crippen molar-refractivity contribution in [2.75, 3.05) is 0 Å². The first-order valence-corrected chi connectivity index (χ1v) is 9.16. The van der Waals surface area contributed by atoms with E-state index in [4.69, 9.17) is 32.7 Å². The summed E-state index contributed by atoms with van der Waals surface area (Å²) < 4.78 is 25.4. The average Bonchev–Trinajstić information content (AvgIpc) is 2.99. The summed E-state index contributed by atoms with van der Waals surface area (Å²) in [4.78, 5) is 12.5. The van der Waals surface area contributed by atoms with E-state index in [1.54, 1.807) is 36.4 Å². The molecular weight excluding hydrogens is 402 g/mol. The lowest BCUT2D eigenvalue weighted by Gasteiger charge is -2.07. The number of benzene rings is 3. The highest BCUT2D eigenvalue weighted by molar-refractivity contribution is 6.32. The van der Waals surface area contributed by atoms with Crippen LogP contribution in [0, 0.1) is 5.82 Å². The molecule has 3 aromatic rings. The Morgan fingerprint density at radius 3 is 2.57 bits per heavy atom. The number of Topliss-reactive ketones (excluding diaryl/α,β-unsaturated/α-hetero) is 1. The molecule has 0 amide bonds. The summed E-state index contributed by atoms with van der Waals surface area (Å²) in [7, 11) is 0. The minimum absolute atomic E-state index is 0.0110. The first kappa shape index (κ1) is 18.5. The molecule has 0 spiro atoms. The number of fused-ring (bicyclic) bond motifs is 1. The van der Waals surface area contributed by atoms with Gasteiger partial charge in [0, 0.05) is 16.7 Å². The molecule has 0 aliphatic carbocycles. The molecule has 0 saturated carbocycles. The van der Waals surface area contributed by atoms with Crippen molar-refractivity contribution in [2.24, 2.45) is 0 Å². The molecule has 1 aliphatic rings. The van der Waals surface area contributed by atoms with Crippen LogP contribution < -0.4 is 9.47 Å². The van der Waals surface area contributed by atoms with Crippen molar-refractivity contribution in [3.8, 4) is 11.5 Å². The van der Waals surface area contributed by atoms with Gasteiger partial charge in [-0.3, -0.25) is 4.79 Å². The molecule has 0 radical (unpaired) electrons. The summed E-state index contributed by atoms with van der Waals surface area (Å²) >= 11 is 11.9. The smallest absolute Gasteiger partial charge is 0.231 e. The van der Waals surface area contributed by atoms with Gasteiger partial charge < -0.3 is 9.47 Å². The molecule has 4 rings (SSSR count). The maximum Gasteiger partial charge on any atom is 0.231 e. The zero-order valence-corrected chi connectivity index (χ0v) is 15.9. The Balaban J connectivity index is 1.54. The van der Waals surface area contributed by atoms with E-state index in [-0.39, 0.29) is 22.1 Å². The number of hydrogen-bond donors (Lipinski definition) is 0. The standard InChI is InChI=1S/C22H13Cl2FO3/c23-14-6-4-13(5-7-14)12-27-15-8-9-16-20(10-15)28-21(22(16)26)11-17-18(24)2-1-3-19(17)25/h1-11H,12H2/b21-11-. The topological polar surface area (TPSA) is 35.5 Å². The van der Waals surface area contributed by atoms with E-state index in [2.05, 4.69) is 0 Å². The highest BCUT2D eigenvalue weighted by Crippen LogP contribution is 2.36. The lowest BCUT2D eigenvalue weighted by Crippen LogP contribution is -1.99. The number of halogens is 3. The largest absolute Gasteiger partial charge is 0.489 e. The quantitative estimate of drug-likeness (QED) is 0.468. The van der Waals surface area contributed by atoms with Gasteiger partial charge in [0.1, 0.15) is 23.9 Å². The van der Waals surface area contributed by atoms with Gasteiger partial charge in [-0.2, -0.15) is 0 Å². The third kappa shape index (κ3) is 3.75. The molecule has 0 unspecified atom stereocenters. The van der Waals surface area contributed by atoms with Crippen molar-refractivity contribution in [1.82, 2.24) is 0 Å². The van der Waals surface area contributed by atoms with E-state index in [0.717, 1.165) is 5.56 Å². The maximum absolute atomic E-state index is 14.0. The molecule has 0 saturated heterocycles. The van der Waals surface area contributed by atoms with Crippen LogP contribution in [0.3, 0.4) is 0 Å². The predicted octanol–water partition coefficient (Wildman–Crippen LogP) is 6.33. The van der Waals surface area contributed by atoms with E-state index in [0.29, 0.717) is 28.7 Å². The van der Waals surface area contributed by atoms with Gasteiger partial charge >= 0.3 is 0 Å². The Morgan fingerprint density at radius 1 is 1.04 bits per heavy atom. The van der Waals surface area contributed by atoms with Crippen LogP contribution in [0.25, 0.3) is 6.08 Å². The van der Waals surface area contributed by atoms with E-state index in [9.17, 15) is 9.18 Å². The lowest BCUT2D eigenvalue weighted by atomic mass is 10.1. The van der Waals surface area contributed by atoms with Gasteiger partial charge in [0.2, 0.25) is 5.78 Å². The Bertz CT molecular complexity index is 1070. The van der Waals surface area contributed by atoms with Gasteiger partial charge in [-0.1, -0.05) is 41.4 Å². The molecule has 140 valence electrons. The van der Waals surface area contributed by atoms with Gasteiger partial charge in [0.25, 0.3) is 0 Å². The van der Waals surface area contributed by atoms with Gasteiger partial charge in [0.15, 0.2) is 5.76 Å². The van der Waals surface area contributed by atoms with Crippen LogP contribution in [0.4, 0.5) is 4.39 Å². The van der Waals surface area contributed by atoms with Gasteiger partial charge in [-0.15, -0.1) is 0 Å². The van der Waals surface area contributed by atoms with E-state index >= 15 is 0 Å². The summed E-state index contributed by atoms with van der Waals surface area (Å²) in [5, 5.41) is 0.856. The number of carbonyl (C=O) groups excluding carboxylic acids is 1. The molecule has 3 aromatic carbocycles. The molecule has 6 heteroatoms. The van der Waals surface area contributed by atoms with Gasteiger partial charge in [-0.05, 0) is 48.0 Å². The number of allylic oxidation sites excluding steroid dienone is 1. The Labute approximate surface area is 170 Å². The second kappa shape index (κ2) is 7.66. The molecular formula is C22H13Cl2FO3. The molecule has 1 aliphatic heterocycles. The van der Waals surface area contributed by atoms with Crippen LogP contribution in [-0.2, 0) is 6.61 Å². The summed E-state index contributed by atoms with van der Waals surface area (Å²) in [6, 6.07) is 16.6. The molecule has 0 aromatic heterocycles. The molecule has 0 atom stereocenters. The second-order valence-electron chi connectivity index (χ2n) is 6.15. The molecule has 0 fully saturated rings. The molecule has 0 N–H and O–H groups in total. The van der Waals surface area contributed by atoms with Crippen molar-refractivity contribution in [3.63, 3.8) is 0 Å². The van der Waals surface area contributed by atoms with Crippen molar-refractivity contribution in [3.05, 3.63) is 99.0 Å². The summed E-state index contributed by atoms with van der Waals surface area (Å²) in [6.45, 7) is 0.345. The fourth-order valence-electron chi connectivity index (χ4n) is 2.78. The number of rotatable bonds is 4. The van der Waals surface area contributed by atoms with Crippen LogP contribution >= 0.6 is 23.2 Å². The summed E-state index contributed by atoms with van der Waals surface area (Å²) in [6.07, 6.45) is 1.31. The maximum atomic E-state index is 14.0. The average molecular weight is 415 g/mol. The van der Waals surface area contributed by atoms with Crippen LogP contribution in [0.2, 0.25) is 10.0 Å². The Hall–Kier alpha value is -2.82. The monoisotopic (exact) mass is 414 g/mol. The summed E-state index contributed by atoms with van der Waals surface area (Å²) in [5.41, 5.74) is 1.45. The van der Waals surface area contributed by atoms with Crippen molar-refractivity contribution in [2.45, 2.75) is 6.61 Å². The highest BCUT2D eigenvalue weighted by atomic mass is 35.5. The first-order chi connectivity index (χ1) is 13.5. The Morgan fingerprint density at radius 2 is 1.82 bits per heavy atom. The zero-order chi connectivity index (χ0) is 19.7. The predicted molar refractivity (Wildman–Crippen MR) is 107 cm³/mol. The normalized spacial score (nSPS) is 14.1. The molecule has 1 heterocycles. The molecule has 28 heavy (non-hydrogen) atoms. The van der Waals surface area contributed by atoms with Crippen LogP contribution in [0.5, 0.6) is 11.5 Å². The third-order valence-corrected chi connectivity index (χ3v) is 4.82. The number of ether oxygens (including phenoxy) is 2. The van der Waals surface area contributed by atoms with Gasteiger partial charge in [0.05, 0.1) is 10.6 Å². The fraction of sp³-hybridized carbons (Fsp3) is 0.0455. The SMILES string of the molecule is O=C1/C(=C/c2c(F)cccc2Cl)Oc2cc(OCc3ccc(Cl)cc3)ccc21. The van der Waals surface area contributed by atoms with Crippen LogP contribution in [0.1, 0.15) is 21.5 Å². The fourth-order valence-corrected chi connectivity index (χ4v) is 3.13. The highest BCUT2D eigenvalue weighted by Gasteiger charge is 2.28. The third-order valence-electron chi connectivity index (χ3n) is 4.24. The minimum Gasteiger partial charge on any atom is -0.489 e. The lowest BCUT2D eigenvalue weighted by molar-refractivity contribution is 0.101. The molecule has 0 bridgehead atoms. The second-order valence-corrected chi connectivity index (χ2v) is 6.99. The van der Waals surface area contributed by atoms with E-state index < -0.39 is 5.82 Å². The van der Waals surface area contributed by atoms with Crippen molar-refractivity contribution >= 4 is 35.1 Å².